The van der Waals surface area contributed by atoms with Gasteiger partial charge in [0.2, 0.25) is 5.91 Å². The molecule has 0 heterocycles. The second-order valence-corrected chi connectivity index (χ2v) is 7.53. The van der Waals surface area contributed by atoms with Crippen molar-refractivity contribution in [3.05, 3.63) is 0 Å². The molecule has 4 saturated carbocycles. The molecule has 3 heteroatoms. The minimum atomic E-state index is -0.0202. The molecule has 4 aliphatic carbocycles. The second kappa shape index (κ2) is 5.08. The number of nitrogens with one attached hydrogen (secondary N) is 1. The van der Waals surface area contributed by atoms with E-state index in [-0.39, 0.29) is 12.0 Å². The van der Waals surface area contributed by atoms with Gasteiger partial charge >= 0.3 is 0 Å². The van der Waals surface area contributed by atoms with Crippen LogP contribution in [0, 0.1) is 29.1 Å². The average Bonchev–Trinajstić information content (AvgIpc) is 2.34. The Balaban J connectivity index is 1.60. The molecule has 4 bridgehead atoms. The van der Waals surface area contributed by atoms with Crippen LogP contribution in [0.15, 0.2) is 0 Å². The summed E-state index contributed by atoms with van der Waals surface area (Å²) in [5.41, 5.74) is -0.0202. The molecule has 0 aromatic rings. The Morgan fingerprint density at radius 1 is 1.21 bits per heavy atom. The van der Waals surface area contributed by atoms with Crippen molar-refractivity contribution < 1.29 is 9.90 Å². The van der Waals surface area contributed by atoms with Gasteiger partial charge in [0.1, 0.15) is 0 Å². The molecule has 4 fully saturated rings. The first kappa shape index (κ1) is 13.4. The standard InChI is InChI=1S/C16H27NO2/c1-11(2-3-18)10-17-15(19)16-7-12-4-13(8-16)6-14(5-12)9-16/h11-14,18H,2-10H2,1H3,(H,17,19). The van der Waals surface area contributed by atoms with E-state index in [1.54, 1.807) is 0 Å². The summed E-state index contributed by atoms with van der Waals surface area (Å²) < 4.78 is 0. The van der Waals surface area contributed by atoms with Crippen LogP contribution in [0.2, 0.25) is 0 Å². The van der Waals surface area contributed by atoms with Gasteiger partial charge in [0, 0.05) is 18.6 Å². The number of aliphatic hydroxyl groups excluding tert-OH is 1. The normalized spacial score (nSPS) is 41.3. The highest BCUT2D eigenvalue weighted by Gasteiger charge is 2.54. The molecule has 0 radical (unpaired) electrons. The summed E-state index contributed by atoms with van der Waals surface area (Å²) in [6.45, 7) is 3.03. The van der Waals surface area contributed by atoms with E-state index in [0.29, 0.717) is 11.8 Å². The number of carbonyl (C=O) groups excluding carboxylic acids is 1. The zero-order valence-corrected chi connectivity index (χ0v) is 12.0. The zero-order chi connectivity index (χ0) is 13.5. The van der Waals surface area contributed by atoms with Crippen LogP contribution < -0.4 is 5.32 Å². The highest BCUT2D eigenvalue weighted by atomic mass is 16.3. The predicted octanol–water partition coefficient (Wildman–Crippen LogP) is 2.34. The van der Waals surface area contributed by atoms with E-state index < -0.39 is 0 Å². The summed E-state index contributed by atoms with van der Waals surface area (Å²) in [6, 6.07) is 0. The highest BCUT2D eigenvalue weighted by Crippen LogP contribution is 2.60. The van der Waals surface area contributed by atoms with Gasteiger partial charge in [-0.1, -0.05) is 6.92 Å². The van der Waals surface area contributed by atoms with E-state index in [2.05, 4.69) is 12.2 Å². The van der Waals surface area contributed by atoms with E-state index in [0.717, 1.165) is 50.0 Å². The molecule has 2 N–H and O–H groups in total. The third kappa shape index (κ3) is 2.54. The van der Waals surface area contributed by atoms with Crippen LogP contribution in [-0.2, 0) is 4.79 Å². The second-order valence-electron chi connectivity index (χ2n) is 7.53. The van der Waals surface area contributed by atoms with Gasteiger partial charge in [-0.2, -0.15) is 0 Å². The van der Waals surface area contributed by atoms with Gasteiger partial charge in [-0.15, -0.1) is 0 Å². The van der Waals surface area contributed by atoms with Crippen molar-refractivity contribution in [1.82, 2.24) is 5.32 Å². The van der Waals surface area contributed by atoms with E-state index in [1.165, 1.54) is 19.3 Å². The summed E-state index contributed by atoms with van der Waals surface area (Å²) in [6.07, 6.45) is 8.34. The highest BCUT2D eigenvalue weighted by molar-refractivity contribution is 5.83. The molecule has 0 aliphatic heterocycles. The fourth-order valence-corrected chi connectivity index (χ4v) is 5.17. The van der Waals surface area contributed by atoms with Crippen molar-refractivity contribution in [3.63, 3.8) is 0 Å². The van der Waals surface area contributed by atoms with Gasteiger partial charge in [0.15, 0.2) is 0 Å². The molecule has 0 saturated heterocycles. The van der Waals surface area contributed by atoms with Crippen molar-refractivity contribution >= 4 is 5.91 Å². The summed E-state index contributed by atoms with van der Waals surface area (Å²) in [7, 11) is 0. The molecule has 4 rings (SSSR count). The Morgan fingerprint density at radius 2 is 1.74 bits per heavy atom. The number of hydrogen-bond donors (Lipinski definition) is 2. The number of hydrogen-bond acceptors (Lipinski definition) is 2. The van der Waals surface area contributed by atoms with Gasteiger partial charge in [-0.05, 0) is 68.6 Å². The first-order chi connectivity index (χ1) is 9.11. The molecular weight excluding hydrogens is 238 g/mol. The first-order valence-electron chi connectivity index (χ1n) is 8.00. The average molecular weight is 265 g/mol. The van der Waals surface area contributed by atoms with Crippen molar-refractivity contribution in [2.45, 2.75) is 51.9 Å². The first-order valence-corrected chi connectivity index (χ1v) is 8.00. The fourth-order valence-electron chi connectivity index (χ4n) is 5.17. The number of amides is 1. The molecule has 0 aromatic heterocycles. The molecule has 4 aliphatic rings. The minimum absolute atomic E-state index is 0.0202. The number of aliphatic hydroxyl groups is 1. The molecule has 1 amide bonds. The minimum Gasteiger partial charge on any atom is -0.396 e. The van der Waals surface area contributed by atoms with Crippen molar-refractivity contribution in [2.75, 3.05) is 13.2 Å². The van der Waals surface area contributed by atoms with Crippen LogP contribution in [0.3, 0.4) is 0 Å². The molecule has 1 atom stereocenters. The topological polar surface area (TPSA) is 49.3 Å². The molecule has 19 heavy (non-hydrogen) atoms. The Bertz CT molecular complexity index is 317. The lowest BCUT2D eigenvalue weighted by Gasteiger charge is -2.55. The Hall–Kier alpha value is -0.570. The summed E-state index contributed by atoms with van der Waals surface area (Å²) >= 11 is 0. The summed E-state index contributed by atoms with van der Waals surface area (Å²) in [5, 5.41) is 12.1. The summed E-state index contributed by atoms with van der Waals surface area (Å²) in [5.74, 6) is 3.17. The van der Waals surface area contributed by atoms with Gasteiger partial charge < -0.3 is 10.4 Å². The lowest BCUT2D eigenvalue weighted by molar-refractivity contribution is -0.146. The van der Waals surface area contributed by atoms with Crippen molar-refractivity contribution in [2.24, 2.45) is 29.1 Å². The van der Waals surface area contributed by atoms with E-state index in [1.807, 2.05) is 0 Å². The SMILES string of the molecule is CC(CCO)CNC(=O)C12CC3CC(CC(C3)C1)C2. The fraction of sp³-hybridized carbons (Fsp3) is 0.938. The molecule has 3 nitrogen and oxygen atoms in total. The number of carbonyl (C=O) groups is 1. The van der Waals surface area contributed by atoms with Crippen LogP contribution in [-0.4, -0.2) is 24.2 Å². The zero-order valence-electron chi connectivity index (χ0n) is 12.0. The smallest absolute Gasteiger partial charge is 0.226 e. The van der Waals surface area contributed by atoms with Crippen LogP contribution in [0.25, 0.3) is 0 Å². The maximum Gasteiger partial charge on any atom is 0.226 e. The molecule has 1 unspecified atom stereocenters. The largest absolute Gasteiger partial charge is 0.396 e. The Morgan fingerprint density at radius 3 is 2.21 bits per heavy atom. The quantitative estimate of drug-likeness (QED) is 0.801. The monoisotopic (exact) mass is 265 g/mol. The van der Waals surface area contributed by atoms with E-state index in [9.17, 15) is 4.79 Å². The Kier molecular flexibility index (Phi) is 3.59. The Labute approximate surface area is 116 Å². The maximum atomic E-state index is 12.6. The van der Waals surface area contributed by atoms with Gasteiger partial charge in [0.25, 0.3) is 0 Å². The van der Waals surface area contributed by atoms with Crippen molar-refractivity contribution in [3.8, 4) is 0 Å². The van der Waals surface area contributed by atoms with Crippen LogP contribution in [0.4, 0.5) is 0 Å². The van der Waals surface area contributed by atoms with E-state index in [4.69, 9.17) is 5.11 Å². The van der Waals surface area contributed by atoms with E-state index >= 15 is 0 Å². The van der Waals surface area contributed by atoms with Crippen LogP contribution in [0.1, 0.15) is 51.9 Å². The van der Waals surface area contributed by atoms with Crippen LogP contribution >= 0.6 is 0 Å². The van der Waals surface area contributed by atoms with Crippen molar-refractivity contribution in [1.29, 1.82) is 0 Å². The summed E-state index contributed by atoms with van der Waals surface area (Å²) in [4.78, 5) is 12.6. The van der Waals surface area contributed by atoms with Crippen LogP contribution in [0.5, 0.6) is 0 Å². The molecular formula is C16H27NO2. The molecule has 108 valence electrons. The van der Waals surface area contributed by atoms with Gasteiger partial charge in [0.05, 0.1) is 0 Å². The third-order valence-electron chi connectivity index (χ3n) is 5.75. The lowest BCUT2D eigenvalue weighted by Crippen LogP contribution is -2.54. The van der Waals surface area contributed by atoms with Gasteiger partial charge in [-0.3, -0.25) is 4.79 Å². The molecule has 0 spiro atoms. The predicted molar refractivity (Wildman–Crippen MR) is 74.5 cm³/mol. The number of rotatable bonds is 5. The van der Waals surface area contributed by atoms with Gasteiger partial charge in [-0.25, -0.2) is 0 Å². The maximum absolute atomic E-state index is 12.6. The molecule has 0 aromatic carbocycles. The lowest BCUT2D eigenvalue weighted by atomic mass is 9.49. The third-order valence-corrected chi connectivity index (χ3v) is 5.75.